The summed E-state index contributed by atoms with van der Waals surface area (Å²) in [6.07, 6.45) is 10.8. The van der Waals surface area contributed by atoms with Crippen LogP contribution in [0.1, 0.15) is 48.0 Å². The van der Waals surface area contributed by atoms with E-state index in [-0.39, 0.29) is 24.3 Å². The molecule has 1 amide bonds. The van der Waals surface area contributed by atoms with Gasteiger partial charge in [0.2, 0.25) is 0 Å². The van der Waals surface area contributed by atoms with Gasteiger partial charge in [-0.15, -0.1) is 0 Å². The molecule has 1 saturated heterocycles. The number of benzene rings is 1. The lowest BCUT2D eigenvalue weighted by molar-refractivity contribution is 0.0827. The zero-order valence-electron chi connectivity index (χ0n) is 22.6. The first-order valence-corrected chi connectivity index (χ1v) is 13.1. The minimum Gasteiger partial charge on any atom is -0.345 e. The van der Waals surface area contributed by atoms with Gasteiger partial charge in [0, 0.05) is 45.7 Å². The van der Waals surface area contributed by atoms with Crippen LogP contribution in [0.25, 0.3) is 0 Å². The zero-order chi connectivity index (χ0) is 26.5. The molecule has 3 aliphatic rings. The van der Waals surface area contributed by atoms with E-state index in [1.165, 1.54) is 11.1 Å². The van der Waals surface area contributed by atoms with Crippen molar-refractivity contribution in [3.05, 3.63) is 70.8 Å². The molecule has 1 aromatic carbocycles. The lowest BCUT2D eigenvalue weighted by Gasteiger charge is -2.33. The summed E-state index contributed by atoms with van der Waals surface area (Å²) >= 11 is 0. The molecule has 1 fully saturated rings. The molecule has 37 heavy (non-hydrogen) atoms. The first kappa shape index (κ1) is 27.1. The molecular formula is C29H41N7O. The third kappa shape index (κ3) is 6.90. The van der Waals surface area contributed by atoms with E-state index in [4.69, 9.17) is 10.7 Å². The molecule has 198 valence electrons. The normalized spacial score (nSPS) is 29.0. The predicted octanol–water partition coefficient (Wildman–Crippen LogP) is 2.97. The number of amides is 1. The monoisotopic (exact) mass is 503 g/mol. The van der Waals surface area contributed by atoms with Gasteiger partial charge in [-0.3, -0.25) is 25.4 Å². The molecule has 3 N–H and O–H groups in total. The first-order valence-electron chi connectivity index (χ1n) is 13.1. The number of allylic oxidation sites excluding steroid dienone is 2. The average molecular weight is 504 g/mol. The van der Waals surface area contributed by atoms with Crippen LogP contribution in [0.2, 0.25) is 0 Å². The third-order valence-electron chi connectivity index (χ3n) is 7.41. The van der Waals surface area contributed by atoms with Crippen LogP contribution in [0.3, 0.4) is 0 Å². The van der Waals surface area contributed by atoms with Crippen molar-refractivity contribution in [2.75, 3.05) is 40.8 Å². The number of nitrogens with one attached hydrogen (secondary N) is 1. The maximum atomic E-state index is 12.2. The van der Waals surface area contributed by atoms with E-state index in [2.05, 4.69) is 47.0 Å². The molecule has 0 aliphatic carbocycles. The second-order valence-electron chi connectivity index (χ2n) is 10.6. The van der Waals surface area contributed by atoms with Crippen LogP contribution >= 0.6 is 0 Å². The van der Waals surface area contributed by atoms with Crippen molar-refractivity contribution in [1.82, 2.24) is 20.2 Å². The van der Waals surface area contributed by atoms with E-state index < -0.39 is 0 Å². The van der Waals surface area contributed by atoms with Gasteiger partial charge < -0.3 is 4.90 Å². The molecule has 8 heteroatoms. The summed E-state index contributed by atoms with van der Waals surface area (Å²) in [5.74, 6) is 0.576. The van der Waals surface area contributed by atoms with E-state index in [0.717, 1.165) is 55.6 Å². The number of nitrogens with two attached hydrogens (primary N) is 1. The van der Waals surface area contributed by atoms with Crippen molar-refractivity contribution < 1.29 is 4.79 Å². The highest BCUT2D eigenvalue weighted by Crippen LogP contribution is 2.30. The summed E-state index contributed by atoms with van der Waals surface area (Å²) in [5.41, 5.74) is 14.8. The molecular weight excluding hydrogens is 462 g/mol. The lowest BCUT2D eigenvalue weighted by atomic mass is 9.88. The Balaban J connectivity index is 1.39. The molecule has 3 aliphatic heterocycles. The number of carbonyl (C=O) groups is 1. The Bertz CT molecular complexity index is 1090. The van der Waals surface area contributed by atoms with Crippen molar-refractivity contribution in [2.45, 2.75) is 50.5 Å². The molecule has 8 nitrogen and oxygen atoms in total. The summed E-state index contributed by atoms with van der Waals surface area (Å²) in [6, 6.07) is 8.29. The average Bonchev–Trinajstić information content (AvgIpc) is 2.94. The van der Waals surface area contributed by atoms with E-state index in [1.807, 2.05) is 42.7 Å². The summed E-state index contributed by atoms with van der Waals surface area (Å²) in [7, 11) is 5.47. The van der Waals surface area contributed by atoms with Gasteiger partial charge in [-0.25, -0.2) is 10.4 Å². The fourth-order valence-corrected chi connectivity index (χ4v) is 5.23. The molecule has 3 atom stereocenters. The molecule has 0 saturated carbocycles. The summed E-state index contributed by atoms with van der Waals surface area (Å²) in [6.45, 7) is 9.59. The summed E-state index contributed by atoms with van der Waals surface area (Å²) in [5, 5.41) is 1.81. The molecule has 3 heterocycles. The maximum Gasteiger partial charge on any atom is 0.253 e. The molecule has 1 aromatic rings. The van der Waals surface area contributed by atoms with Crippen molar-refractivity contribution in [3.63, 3.8) is 0 Å². The Morgan fingerprint density at radius 2 is 1.89 bits per heavy atom. The SMILES string of the molecule is C=C1/C=C(/CN2CCC(c3ccc(C(=O)N(C)C)cc3)CC2)CC(C)N=C/C=C\1C1C=NC(N)N(C)N1. The van der Waals surface area contributed by atoms with Crippen molar-refractivity contribution in [3.8, 4) is 0 Å². The number of nitrogens with zero attached hydrogens (tertiary/aromatic N) is 5. The Morgan fingerprint density at radius 1 is 1.19 bits per heavy atom. The molecule has 4 rings (SSSR count). The minimum absolute atomic E-state index is 0.0462. The lowest BCUT2D eigenvalue weighted by Crippen LogP contribution is -2.55. The predicted molar refractivity (Wildman–Crippen MR) is 152 cm³/mol. The van der Waals surface area contributed by atoms with Gasteiger partial charge in [0.25, 0.3) is 5.91 Å². The standard InChI is InChI=1S/C29H41N7O/c1-20-16-22(17-21(2)31-13-10-26(20)27-18-32-29(30)35(5)33-27)19-36-14-11-24(12-15-36)23-6-8-25(9-7-23)28(37)34(3)4/h6-10,13,16,18,21,24,27,29,33H,1,11-12,14-15,17,19,30H2,2-5H3/b22-16+,26-10+,31-13?. The van der Waals surface area contributed by atoms with E-state index >= 15 is 0 Å². The highest BCUT2D eigenvalue weighted by Gasteiger charge is 2.25. The van der Waals surface area contributed by atoms with E-state index in [1.54, 1.807) is 19.0 Å². The van der Waals surface area contributed by atoms with Crippen molar-refractivity contribution >= 4 is 18.3 Å². The molecule has 3 unspecified atom stereocenters. The van der Waals surface area contributed by atoms with Crippen molar-refractivity contribution in [2.24, 2.45) is 15.7 Å². The van der Waals surface area contributed by atoms with Crippen LogP contribution in [0.4, 0.5) is 0 Å². The largest absolute Gasteiger partial charge is 0.345 e. The minimum atomic E-state index is -0.386. The maximum absolute atomic E-state index is 12.2. The Hall–Kier alpha value is -2.91. The fourth-order valence-electron chi connectivity index (χ4n) is 5.23. The van der Waals surface area contributed by atoms with Gasteiger partial charge in [-0.1, -0.05) is 30.4 Å². The van der Waals surface area contributed by atoms with Gasteiger partial charge in [0.15, 0.2) is 6.29 Å². The Labute approximate surface area is 221 Å². The van der Waals surface area contributed by atoms with Crippen molar-refractivity contribution in [1.29, 1.82) is 0 Å². The number of piperidine rings is 1. The highest BCUT2D eigenvalue weighted by atomic mass is 16.2. The molecule has 0 radical (unpaired) electrons. The molecule has 0 bridgehead atoms. The van der Waals surface area contributed by atoms with Gasteiger partial charge in [0.1, 0.15) is 0 Å². The number of hydrazine groups is 1. The smallest absolute Gasteiger partial charge is 0.253 e. The Kier molecular flexibility index (Phi) is 8.87. The number of likely N-dealkylation sites (tertiary alicyclic amines) is 1. The number of aliphatic imine (C=N–C) groups is 2. The summed E-state index contributed by atoms with van der Waals surface area (Å²) < 4.78 is 0. The topological polar surface area (TPSA) is 89.6 Å². The number of rotatable bonds is 5. The number of hydrogen-bond donors (Lipinski definition) is 2. The summed E-state index contributed by atoms with van der Waals surface area (Å²) in [4.78, 5) is 25.5. The van der Waals surface area contributed by atoms with E-state index in [9.17, 15) is 4.79 Å². The van der Waals surface area contributed by atoms with Crippen LogP contribution in [-0.4, -0.2) is 92.3 Å². The van der Waals surface area contributed by atoms with Gasteiger partial charge in [-0.2, -0.15) is 0 Å². The van der Waals surface area contributed by atoms with E-state index in [0.29, 0.717) is 5.92 Å². The Morgan fingerprint density at radius 3 is 2.54 bits per heavy atom. The zero-order valence-corrected chi connectivity index (χ0v) is 22.6. The second-order valence-corrected chi connectivity index (χ2v) is 10.6. The van der Waals surface area contributed by atoms with Crippen LogP contribution in [0.5, 0.6) is 0 Å². The van der Waals surface area contributed by atoms with Gasteiger partial charge in [0.05, 0.1) is 12.1 Å². The van der Waals surface area contributed by atoms with Crippen LogP contribution in [0, 0.1) is 0 Å². The first-order chi connectivity index (χ1) is 17.7. The number of carbonyl (C=O) groups excluding carboxylic acids is 1. The van der Waals surface area contributed by atoms with Gasteiger partial charge in [-0.05, 0) is 80.1 Å². The molecule has 0 spiro atoms. The number of hydrogen-bond acceptors (Lipinski definition) is 7. The van der Waals surface area contributed by atoms with Gasteiger partial charge >= 0.3 is 0 Å². The van der Waals surface area contributed by atoms with Crippen LogP contribution in [-0.2, 0) is 0 Å². The molecule has 0 aromatic heterocycles. The van der Waals surface area contributed by atoms with Crippen LogP contribution < -0.4 is 11.2 Å². The highest BCUT2D eigenvalue weighted by molar-refractivity contribution is 5.93. The van der Waals surface area contributed by atoms with Crippen LogP contribution in [0.15, 0.2) is 69.7 Å². The third-order valence-corrected chi connectivity index (χ3v) is 7.41. The quantitative estimate of drug-likeness (QED) is 0.645. The fraction of sp³-hybridized carbons (Fsp3) is 0.483. The second kappa shape index (κ2) is 12.1.